The number of rotatable bonds is 2. The number of aliphatic hydroxyl groups excluding tert-OH is 1. The van der Waals surface area contributed by atoms with Crippen LogP contribution in [0.3, 0.4) is 0 Å². The van der Waals surface area contributed by atoms with Gasteiger partial charge < -0.3 is 5.11 Å². The molecule has 19 heavy (non-hydrogen) atoms. The highest BCUT2D eigenvalue weighted by Gasteiger charge is 2.26. The lowest BCUT2D eigenvalue weighted by atomic mass is 9.90. The zero-order valence-electron chi connectivity index (χ0n) is 11.0. The average molecular weight is 267 g/mol. The van der Waals surface area contributed by atoms with E-state index in [1.807, 2.05) is 20.8 Å². The quantitative estimate of drug-likeness (QED) is 0.908. The summed E-state index contributed by atoms with van der Waals surface area (Å²) in [6, 6.07) is 3.15. The third-order valence-corrected chi connectivity index (χ3v) is 2.69. The van der Waals surface area contributed by atoms with Crippen LogP contribution in [0.1, 0.15) is 32.2 Å². The minimum absolute atomic E-state index is 0.245. The van der Waals surface area contributed by atoms with Gasteiger partial charge in [-0.3, -0.25) is 0 Å². The lowest BCUT2D eigenvalue weighted by Crippen LogP contribution is -2.19. The second-order valence-corrected chi connectivity index (χ2v) is 5.33. The lowest BCUT2D eigenvalue weighted by Gasteiger charge is -2.20. The summed E-state index contributed by atoms with van der Waals surface area (Å²) < 4.78 is 27.9. The predicted molar refractivity (Wildman–Crippen MR) is 65.9 cm³/mol. The Morgan fingerprint density at radius 2 is 1.74 bits per heavy atom. The molecule has 0 bridgehead atoms. The maximum absolute atomic E-state index is 13.3. The fourth-order valence-corrected chi connectivity index (χ4v) is 2.01. The Morgan fingerprint density at radius 1 is 1.16 bits per heavy atom. The van der Waals surface area contributed by atoms with Crippen molar-refractivity contribution in [3.8, 4) is 5.69 Å². The first-order valence-electron chi connectivity index (χ1n) is 5.85. The fourth-order valence-electron chi connectivity index (χ4n) is 2.01. The molecule has 2 aromatic rings. The number of nitrogens with zero attached hydrogens (tertiary/aromatic N) is 3. The van der Waals surface area contributed by atoms with Gasteiger partial charge in [-0.1, -0.05) is 26.0 Å². The molecule has 0 spiro atoms. The SMILES string of the molecule is CC(C)(C)c1c(CO)nnn1-c1cc(F)cc(F)c1. The zero-order valence-corrected chi connectivity index (χ0v) is 11.0. The van der Waals surface area contributed by atoms with Gasteiger partial charge >= 0.3 is 0 Å². The van der Waals surface area contributed by atoms with Gasteiger partial charge in [0.2, 0.25) is 0 Å². The van der Waals surface area contributed by atoms with Gasteiger partial charge in [0.05, 0.1) is 18.0 Å². The Hall–Kier alpha value is -1.82. The molecule has 0 aliphatic heterocycles. The van der Waals surface area contributed by atoms with E-state index >= 15 is 0 Å². The summed E-state index contributed by atoms with van der Waals surface area (Å²) >= 11 is 0. The van der Waals surface area contributed by atoms with Gasteiger partial charge in [-0.25, -0.2) is 13.5 Å². The average Bonchev–Trinajstić information content (AvgIpc) is 2.70. The Morgan fingerprint density at radius 3 is 2.21 bits per heavy atom. The highest BCUT2D eigenvalue weighted by molar-refractivity contribution is 5.36. The minimum atomic E-state index is -0.684. The topological polar surface area (TPSA) is 50.9 Å². The first-order chi connectivity index (χ1) is 8.82. The van der Waals surface area contributed by atoms with E-state index in [0.717, 1.165) is 6.07 Å². The first-order valence-corrected chi connectivity index (χ1v) is 5.85. The molecule has 0 unspecified atom stereocenters. The molecule has 6 heteroatoms. The standard InChI is InChI=1S/C13H15F2N3O/c1-13(2,3)12-11(7-19)16-17-18(12)10-5-8(14)4-9(15)6-10/h4-6,19H,7H2,1-3H3. The van der Waals surface area contributed by atoms with Crippen LogP contribution in [0.2, 0.25) is 0 Å². The van der Waals surface area contributed by atoms with Crippen molar-refractivity contribution in [1.29, 1.82) is 0 Å². The summed E-state index contributed by atoms with van der Waals surface area (Å²) in [5.74, 6) is -1.37. The first kappa shape index (κ1) is 13.6. The van der Waals surface area contributed by atoms with Crippen LogP contribution in [-0.4, -0.2) is 20.1 Å². The number of benzene rings is 1. The Labute approximate surface area is 109 Å². The molecule has 4 nitrogen and oxygen atoms in total. The molecule has 1 aromatic carbocycles. The summed E-state index contributed by atoms with van der Waals surface area (Å²) in [6.45, 7) is 5.47. The Bertz CT molecular complexity index is 582. The molecule has 0 fully saturated rings. The molecule has 0 saturated heterocycles. The Balaban J connectivity index is 2.66. The van der Waals surface area contributed by atoms with Crippen molar-refractivity contribution in [3.05, 3.63) is 41.2 Å². The third kappa shape index (κ3) is 2.63. The maximum atomic E-state index is 13.3. The van der Waals surface area contributed by atoms with Crippen LogP contribution < -0.4 is 0 Å². The number of hydrogen-bond acceptors (Lipinski definition) is 3. The van der Waals surface area contributed by atoms with Crippen molar-refractivity contribution in [2.75, 3.05) is 0 Å². The number of aromatic nitrogens is 3. The maximum Gasteiger partial charge on any atom is 0.128 e. The fraction of sp³-hybridized carbons (Fsp3) is 0.385. The van der Waals surface area contributed by atoms with Gasteiger partial charge in [-0.05, 0) is 12.1 Å². The van der Waals surface area contributed by atoms with Crippen LogP contribution in [-0.2, 0) is 12.0 Å². The van der Waals surface area contributed by atoms with Crippen LogP contribution in [0.5, 0.6) is 0 Å². The summed E-state index contributed by atoms with van der Waals surface area (Å²) in [7, 11) is 0. The highest BCUT2D eigenvalue weighted by Crippen LogP contribution is 2.27. The largest absolute Gasteiger partial charge is 0.390 e. The van der Waals surface area contributed by atoms with Crippen LogP contribution in [0, 0.1) is 11.6 Å². The van der Waals surface area contributed by atoms with Crippen LogP contribution >= 0.6 is 0 Å². The summed E-state index contributed by atoms with van der Waals surface area (Å²) in [5.41, 5.74) is 0.900. The zero-order chi connectivity index (χ0) is 14.2. The molecule has 0 saturated carbocycles. The normalized spacial score (nSPS) is 11.9. The smallest absolute Gasteiger partial charge is 0.128 e. The van der Waals surface area contributed by atoms with Gasteiger partial charge in [-0.2, -0.15) is 0 Å². The molecule has 102 valence electrons. The summed E-state index contributed by atoms with van der Waals surface area (Å²) in [5, 5.41) is 17.0. The highest BCUT2D eigenvalue weighted by atomic mass is 19.1. The molecule has 1 aromatic heterocycles. The number of aliphatic hydroxyl groups is 1. The van der Waals surface area contributed by atoms with Crippen LogP contribution in [0.4, 0.5) is 8.78 Å². The van der Waals surface area contributed by atoms with Crippen molar-refractivity contribution in [3.63, 3.8) is 0 Å². The second-order valence-electron chi connectivity index (χ2n) is 5.33. The molecular formula is C13H15F2N3O. The molecule has 0 aliphatic rings. The van der Waals surface area contributed by atoms with E-state index in [2.05, 4.69) is 10.3 Å². The van der Waals surface area contributed by atoms with Gasteiger partial charge in [0.15, 0.2) is 0 Å². The summed E-state index contributed by atoms with van der Waals surface area (Å²) in [4.78, 5) is 0. The van der Waals surface area contributed by atoms with E-state index < -0.39 is 11.6 Å². The van der Waals surface area contributed by atoms with E-state index in [0.29, 0.717) is 11.4 Å². The second kappa shape index (κ2) is 4.70. The summed E-state index contributed by atoms with van der Waals surface area (Å²) in [6.07, 6.45) is 0. The van der Waals surface area contributed by atoms with Crippen LogP contribution in [0.15, 0.2) is 18.2 Å². The molecule has 0 atom stereocenters. The Kier molecular flexibility index (Phi) is 3.36. The monoisotopic (exact) mass is 267 g/mol. The predicted octanol–water partition coefficient (Wildman–Crippen LogP) is 2.34. The molecule has 0 aliphatic carbocycles. The minimum Gasteiger partial charge on any atom is -0.390 e. The third-order valence-electron chi connectivity index (χ3n) is 2.69. The van der Waals surface area contributed by atoms with Gasteiger partial charge in [0.1, 0.15) is 17.3 Å². The van der Waals surface area contributed by atoms with E-state index in [1.54, 1.807) is 0 Å². The van der Waals surface area contributed by atoms with Crippen molar-refractivity contribution in [1.82, 2.24) is 15.0 Å². The lowest BCUT2D eigenvalue weighted by molar-refractivity contribution is 0.273. The van der Waals surface area contributed by atoms with Crippen molar-refractivity contribution >= 4 is 0 Å². The van der Waals surface area contributed by atoms with Gasteiger partial charge in [0.25, 0.3) is 0 Å². The van der Waals surface area contributed by atoms with Gasteiger partial charge in [0, 0.05) is 11.5 Å². The van der Waals surface area contributed by atoms with E-state index in [9.17, 15) is 13.9 Å². The van der Waals surface area contributed by atoms with Crippen LogP contribution in [0.25, 0.3) is 5.69 Å². The van der Waals surface area contributed by atoms with E-state index in [1.165, 1.54) is 16.8 Å². The van der Waals surface area contributed by atoms with Crippen molar-refractivity contribution in [2.45, 2.75) is 32.8 Å². The van der Waals surface area contributed by atoms with Crippen molar-refractivity contribution < 1.29 is 13.9 Å². The molecule has 1 N–H and O–H groups in total. The van der Waals surface area contributed by atoms with E-state index in [4.69, 9.17) is 0 Å². The molecule has 2 rings (SSSR count). The number of hydrogen-bond donors (Lipinski definition) is 1. The molecular weight excluding hydrogens is 252 g/mol. The van der Waals surface area contributed by atoms with E-state index in [-0.39, 0.29) is 17.7 Å². The molecule has 1 heterocycles. The van der Waals surface area contributed by atoms with Crippen molar-refractivity contribution in [2.24, 2.45) is 0 Å². The number of halogens is 2. The van der Waals surface area contributed by atoms with Gasteiger partial charge in [-0.15, -0.1) is 5.10 Å². The molecule has 0 radical (unpaired) electrons. The molecule has 0 amide bonds.